The van der Waals surface area contributed by atoms with E-state index >= 15 is 0 Å². The molecule has 34 heavy (non-hydrogen) atoms. The highest BCUT2D eigenvalue weighted by Gasteiger charge is 2.36. The molecule has 6 aromatic rings. The Bertz CT molecular complexity index is 1580. The highest BCUT2D eigenvalue weighted by molar-refractivity contribution is 6.30. The van der Waals surface area contributed by atoms with Gasteiger partial charge in [-0.15, -0.1) is 0 Å². The van der Waals surface area contributed by atoms with Gasteiger partial charge in [0.1, 0.15) is 16.8 Å². The summed E-state index contributed by atoms with van der Waals surface area (Å²) in [6.45, 7) is 0. The summed E-state index contributed by atoms with van der Waals surface area (Å²) < 4.78 is 6.33. The van der Waals surface area contributed by atoms with Crippen molar-refractivity contribution in [3.63, 3.8) is 0 Å². The summed E-state index contributed by atoms with van der Waals surface area (Å²) in [5.74, 6) is 0. The monoisotopic (exact) mass is 460 g/mol. The second-order valence-electron chi connectivity index (χ2n) is 8.41. The van der Waals surface area contributed by atoms with Crippen LogP contribution < -0.4 is 0 Å². The number of halogens is 1. The van der Waals surface area contributed by atoms with E-state index in [1.165, 1.54) is 0 Å². The van der Waals surface area contributed by atoms with Crippen molar-refractivity contribution in [2.75, 3.05) is 0 Å². The number of benzene rings is 5. The van der Waals surface area contributed by atoms with Crippen molar-refractivity contribution in [1.82, 2.24) is 0 Å². The molecular weight excluding hydrogens is 440 g/mol. The first-order chi connectivity index (χ1) is 16.7. The lowest BCUT2D eigenvalue weighted by Gasteiger charge is -2.32. The minimum Gasteiger partial charge on any atom is -0.455 e. The number of aliphatic hydroxyl groups is 1. The second-order valence-corrected chi connectivity index (χ2v) is 8.85. The molecule has 0 spiro atoms. The Morgan fingerprint density at radius 2 is 1.21 bits per heavy atom. The zero-order valence-electron chi connectivity index (χ0n) is 18.3. The smallest absolute Gasteiger partial charge is 0.143 e. The molecule has 0 amide bonds. The number of hydrogen-bond acceptors (Lipinski definition) is 2. The van der Waals surface area contributed by atoms with Crippen molar-refractivity contribution in [2.24, 2.45) is 0 Å². The average Bonchev–Trinajstić information content (AvgIpc) is 3.28. The van der Waals surface area contributed by atoms with E-state index in [1.54, 1.807) is 0 Å². The largest absolute Gasteiger partial charge is 0.455 e. The van der Waals surface area contributed by atoms with Gasteiger partial charge in [0.2, 0.25) is 0 Å². The van der Waals surface area contributed by atoms with Crippen LogP contribution in [0.1, 0.15) is 16.7 Å². The van der Waals surface area contributed by atoms with E-state index in [-0.39, 0.29) is 0 Å². The first-order valence-electron chi connectivity index (χ1n) is 11.2. The van der Waals surface area contributed by atoms with Gasteiger partial charge in [-0.1, -0.05) is 115 Å². The van der Waals surface area contributed by atoms with Crippen LogP contribution in [-0.2, 0) is 5.60 Å². The quantitative estimate of drug-likeness (QED) is 0.269. The maximum Gasteiger partial charge on any atom is 0.143 e. The summed E-state index contributed by atoms with van der Waals surface area (Å²) in [5.41, 5.74) is 4.21. The van der Waals surface area contributed by atoms with Crippen LogP contribution in [0.3, 0.4) is 0 Å². The molecule has 0 bridgehead atoms. The van der Waals surface area contributed by atoms with Gasteiger partial charge in [-0.3, -0.25) is 0 Å². The van der Waals surface area contributed by atoms with E-state index in [0.29, 0.717) is 10.6 Å². The minimum atomic E-state index is -1.42. The number of fused-ring (bicyclic) bond motifs is 3. The predicted molar refractivity (Wildman–Crippen MR) is 139 cm³/mol. The third-order valence-corrected chi connectivity index (χ3v) is 6.68. The fourth-order valence-electron chi connectivity index (χ4n) is 4.85. The topological polar surface area (TPSA) is 33.4 Å². The van der Waals surface area contributed by atoms with Gasteiger partial charge in [0.05, 0.1) is 0 Å². The summed E-state index contributed by atoms with van der Waals surface area (Å²) in [6, 6.07) is 39.3. The summed E-state index contributed by atoms with van der Waals surface area (Å²) in [6.07, 6.45) is 0. The first kappa shape index (κ1) is 20.7. The maximum absolute atomic E-state index is 12.5. The minimum absolute atomic E-state index is 0.556. The van der Waals surface area contributed by atoms with E-state index in [1.807, 2.05) is 109 Å². The highest BCUT2D eigenvalue weighted by atomic mass is 35.5. The molecule has 1 aromatic heterocycles. The molecule has 1 heterocycles. The van der Waals surface area contributed by atoms with Crippen LogP contribution in [0.4, 0.5) is 0 Å². The molecule has 0 fully saturated rings. The second kappa shape index (κ2) is 8.18. The van der Waals surface area contributed by atoms with E-state index in [2.05, 4.69) is 12.1 Å². The summed E-state index contributed by atoms with van der Waals surface area (Å²) in [7, 11) is 0. The van der Waals surface area contributed by atoms with Gasteiger partial charge in [0.15, 0.2) is 0 Å². The molecule has 164 valence electrons. The lowest BCUT2D eigenvalue weighted by atomic mass is 9.77. The highest BCUT2D eigenvalue weighted by Crippen LogP contribution is 2.45. The van der Waals surface area contributed by atoms with E-state index in [9.17, 15) is 5.11 Å². The van der Waals surface area contributed by atoms with Crippen LogP contribution in [-0.4, -0.2) is 5.11 Å². The molecule has 0 aliphatic heterocycles. The molecule has 6 rings (SSSR count). The van der Waals surface area contributed by atoms with Gasteiger partial charge >= 0.3 is 0 Å². The van der Waals surface area contributed by atoms with Crippen LogP contribution in [0.15, 0.2) is 126 Å². The van der Waals surface area contributed by atoms with E-state index < -0.39 is 5.60 Å². The average molecular weight is 461 g/mol. The van der Waals surface area contributed by atoms with Gasteiger partial charge in [-0.2, -0.15) is 0 Å². The normalized spacial score (nSPS) is 11.8. The summed E-state index contributed by atoms with van der Waals surface area (Å²) >= 11 is 6.53. The van der Waals surface area contributed by atoms with Crippen LogP contribution in [0.25, 0.3) is 33.1 Å². The predicted octanol–water partition coefficient (Wildman–Crippen LogP) is 8.19. The van der Waals surface area contributed by atoms with Crippen LogP contribution in [0.2, 0.25) is 5.02 Å². The number of furan rings is 1. The Morgan fingerprint density at radius 1 is 0.588 bits per heavy atom. The van der Waals surface area contributed by atoms with Crippen LogP contribution >= 0.6 is 11.6 Å². The van der Waals surface area contributed by atoms with Gasteiger partial charge in [-0.25, -0.2) is 0 Å². The van der Waals surface area contributed by atoms with Crippen LogP contribution in [0.5, 0.6) is 0 Å². The van der Waals surface area contributed by atoms with E-state index in [0.717, 1.165) is 44.2 Å². The molecule has 0 aliphatic carbocycles. The maximum atomic E-state index is 12.5. The Balaban J connectivity index is 1.69. The molecule has 5 aromatic carbocycles. The summed E-state index contributed by atoms with van der Waals surface area (Å²) in [5, 5.41) is 15.2. The Morgan fingerprint density at radius 3 is 1.91 bits per heavy atom. The van der Waals surface area contributed by atoms with E-state index in [4.69, 9.17) is 16.0 Å². The van der Waals surface area contributed by atoms with Crippen molar-refractivity contribution < 1.29 is 9.52 Å². The standard InChI is InChI=1S/C31H21ClO2/c32-23-18-19-24(26-15-9-16-27-25-14-7-8-17-29(25)34-30(26)27)28(20-23)31(33,21-10-3-1-4-11-21)22-12-5-2-6-13-22/h1-20,33H. The molecular formula is C31H21ClO2. The first-order valence-corrected chi connectivity index (χ1v) is 11.6. The zero-order valence-corrected chi connectivity index (χ0v) is 19.0. The molecule has 1 N–H and O–H groups in total. The zero-order chi connectivity index (χ0) is 23.1. The molecule has 3 heteroatoms. The lowest BCUT2D eigenvalue weighted by Crippen LogP contribution is -2.29. The Kier molecular flexibility index (Phi) is 4.99. The van der Waals surface area contributed by atoms with Crippen molar-refractivity contribution in [2.45, 2.75) is 5.60 Å². The molecule has 0 atom stereocenters. The molecule has 2 nitrogen and oxygen atoms in total. The third-order valence-electron chi connectivity index (χ3n) is 6.45. The molecule has 0 aliphatic rings. The number of para-hydroxylation sites is 2. The van der Waals surface area contributed by atoms with Crippen molar-refractivity contribution in [1.29, 1.82) is 0 Å². The Hall–Kier alpha value is -3.85. The molecule has 0 radical (unpaired) electrons. The fourth-order valence-corrected chi connectivity index (χ4v) is 5.02. The third kappa shape index (κ3) is 3.23. The molecule has 0 saturated carbocycles. The van der Waals surface area contributed by atoms with Crippen molar-refractivity contribution >= 4 is 33.5 Å². The fraction of sp³-hybridized carbons (Fsp3) is 0.0323. The molecule has 0 saturated heterocycles. The van der Waals surface area contributed by atoms with Crippen molar-refractivity contribution in [3.05, 3.63) is 143 Å². The molecule has 0 unspecified atom stereocenters. The van der Waals surface area contributed by atoms with Gasteiger partial charge in [-0.05, 0) is 34.9 Å². The Labute approximate surface area is 202 Å². The van der Waals surface area contributed by atoms with Gasteiger partial charge < -0.3 is 9.52 Å². The van der Waals surface area contributed by atoms with Gasteiger partial charge in [0.25, 0.3) is 0 Å². The lowest BCUT2D eigenvalue weighted by molar-refractivity contribution is 0.126. The van der Waals surface area contributed by atoms with Gasteiger partial charge in [0, 0.05) is 26.9 Å². The summed E-state index contributed by atoms with van der Waals surface area (Å²) in [4.78, 5) is 0. The number of hydrogen-bond donors (Lipinski definition) is 1. The number of rotatable bonds is 4. The SMILES string of the molecule is OC(c1ccccc1)(c1ccccc1)c1cc(Cl)ccc1-c1cccc2c1oc1ccccc12. The van der Waals surface area contributed by atoms with Crippen LogP contribution in [0, 0.1) is 0 Å². The van der Waals surface area contributed by atoms with Crippen molar-refractivity contribution in [3.8, 4) is 11.1 Å².